The van der Waals surface area contributed by atoms with Gasteiger partial charge in [-0.25, -0.2) is 4.98 Å². The first-order valence-electron chi connectivity index (χ1n) is 11.7. The average molecular weight is 442 g/mol. The highest BCUT2D eigenvalue weighted by Gasteiger charge is 2.12. The van der Waals surface area contributed by atoms with Gasteiger partial charge in [0.25, 0.3) is 5.91 Å². The van der Waals surface area contributed by atoms with Crippen LogP contribution in [0, 0.1) is 0 Å². The first-order chi connectivity index (χ1) is 16.2. The Bertz CT molecular complexity index is 1180. The van der Waals surface area contributed by atoms with Crippen molar-refractivity contribution in [3.8, 4) is 5.75 Å². The Morgan fingerprint density at radius 3 is 2.48 bits per heavy atom. The number of imidazole rings is 1. The van der Waals surface area contributed by atoms with Gasteiger partial charge in [0.2, 0.25) is 0 Å². The van der Waals surface area contributed by atoms with E-state index in [4.69, 9.17) is 9.72 Å². The number of nitrogens with one attached hydrogen (secondary N) is 1. The fraction of sp³-hybridized carbons (Fsp3) is 0.286. The van der Waals surface area contributed by atoms with Crippen LogP contribution in [0.2, 0.25) is 0 Å². The molecule has 0 fully saturated rings. The Hall–Kier alpha value is -3.60. The lowest BCUT2D eigenvalue weighted by molar-refractivity contribution is 0.0954. The lowest BCUT2D eigenvalue weighted by atomic mass is 9.99. The third-order valence-corrected chi connectivity index (χ3v) is 6.05. The van der Waals surface area contributed by atoms with E-state index in [9.17, 15) is 4.79 Å². The summed E-state index contributed by atoms with van der Waals surface area (Å²) in [6.07, 6.45) is 1.78. The number of nitrogens with zero attached hydrogens (tertiary/aromatic N) is 2. The van der Waals surface area contributed by atoms with Crippen molar-refractivity contribution in [1.29, 1.82) is 0 Å². The van der Waals surface area contributed by atoms with Crippen molar-refractivity contribution in [3.63, 3.8) is 0 Å². The van der Waals surface area contributed by atoms with Crippen LogP contribution in [0.1, 0.15) is 47.9 Å². The van der Waals surface area contributed by atoms with Crippen LogP contribution in [0.15, 0.2) is 78.9 Å². The van der Waals surface area contributed by atoms with Gasteiger partial charge in [0.05, 0.1) is 17.6 Å². The highest BCUT2D eigenvalue weighted by Crippen LogP contribution is 2.22. The molecule has 1 unspecified atom stereocenters. The second-order valence-corrected chi connectivity index (χ2v) is 8.27. The second kappa shape index (κ2) is 10.8. The van der Waals surface area contributed by atoms with Crippen LogP contribution >= 0.6 is 0 Å². The van der Waals surface area contributed by atoms with E-state index in [1.165, 1.54) is 5.56 Å². The molecule has 0 spiro atoms. The van der Waals surface area contributed by atoms with Gasteiger partial charge in [0, 0.05) is 18.5 Å². The number of carbonyl (C=O) groups is 1. The van der Waals surface area contributed by atoms with Gasteiger partial charge >= 0.3 is 0 Å². The van der Waals surface area contributed by atoms with Crippen molar-refractivity contribution < 1.29 is 9.53 Å². The Balaban J connectivity index is 1.39. The first-order valence-corrected chi connectivity index (χ1v) is 11.7. The van der Waals surface area contributed by atoms with Crippen molar-refractivity contribution in [2.45, 2.75) is 39.2 Å². The van der Waals surface area contributed by atoms with Crippen LogP contribution in [-0.4, -0.2) is 28.6 Å². The molecule has 1 heterocycles. The lowest BCUT2D eigenvalue weighted by Crippen LogP contribution is -2.26. The maximum atomic E-state index is 12.3. The van der Waals surface area contributed by atoms with Crippen LogP contribution in [0.3, 0.4) is 0 Å². The molecule has 1 aromatic heterocycles. The Morgan fingerprint density at radius 2 is 1.73 bits per heavy atom. The van der Waals surface area contributed by atoms with Gasteiger partial charge < -0.3 is 14.6 Å². The van der Waals surface area contributed by atoms with E-state index < -0.39 is 0 Å². The molecule has 0 aliphatic heterocycles. The number of fused-ring (bicyclic) bond motifs is 1. The van der Waals surface area contributed by atoms with E-state index >= 15 is 0 Å². The summed E-state index contributed by atoms with van der Waals surface area (Å²) >= 11 is 0. The first kappa shape index (κ1) is 22.6. The summed E-state index contributed by atoms with van der Waals surface area (Å²) in [5.41, 5.74) is 4.04. The molecule has 1 amide bonds. The smallest absolute Gasteiger partial charge is 0.251 e. The summed E-state index contributed by atoms with van der Waals surface area (Å²) in [5.74, 6) is 2.31. The molecule has 4 rings (SSSR count). The molecular weight excluding hydrogens is 410 g/mol. The zero-order valence-corrected chi connectivity index (χ0v) is 19.3. The quantitative estimate of drug-likeness (QED) is 0.348. The van der Waals surface area contributed by atoms with Gasteiger partial charge in [-0.05, 0) is 54.3 Å². The van der Waals surface area contributed by atoms with Crippen LogP contribution in [-0.2, 0) is 13.0 Å². The summed E-state index contributed by atoms with van der Waals surface area (Å²) < 4.78 is 8.23. The number of aromatic nitrogens is 2. The Labute approximate surface area is 195 Å². The van der Waals surface area contributed by atoms with Crippen LogP contribution < -0.4 is 10.1 Å². The topological polar surface area (TPSA) is 56.1 Å². The number of ether oxygens (including phenoxy) is 1. The SMILES string of the molecule is CCC(C)c1ccc(OCCn2c(CCNC(=O)c3ccccc3)nc3ccccc32)cc1. The van der Waals surface area contributed by atoms with Gasteiger partial charge in [0.15, 0.2) is 0 Å². The molecule has 0 aliphatic rings. The number of carbonyl (C=O) groups excluding carboxylic acids is 1. The van der Waals surface area contributed by atoms with Gasteiger partial charge in [-0.1, -0.05) is 56.3 Å². The molecule has 5 nitrogen and oxygen atoms in total. The largest absolute Gasteiger partial charge is 0.492 e. The molecule has 170 valence electrons. The molecule has 0 bridgehead atoms. The Morgan fingerprint density at radius 1 is 1.00 bits per heavy atom. The summed E-state index contributed by atoms with van der Waals surface area (Å²) in [6, 6.07) is 25.8. The Kier molecular flexibility index (Phi) is 7.40. The molecule has 0 radical (unpaired) electrons. The number of hydrogen-bond donors (Lipinski definition) is 1. The average Bonchev–Trinajstić information content (AvgIpc) is 3.21. The second-order valence-electron chi connectivity index (χ2n) is 8.27. The van der Waals surface area contributed by atoms with Crippen molar-refractivity contribution >= 4 is 16.9 Å². The van der Waals surface area contributed by atoms with Crippen molar-refractivity contribution in [1.82, 2.24) is 14.9 Å². The monoisotopic (exact) mass is 441 g/mol. The van der Waals surface area contributed by atoms with Crippen LogP contribution in [0.5, 0.6) is 5.75 Å². The number of para-hydroxylation sites is 2. The summed E-state index contributed by atoms with van der Waals surface area (Å²) in [7, 11) is 0. The normalized spacial score (nSPS) is 11.9. The molecule has 5 heteroatoms. The van der Waals surface area contributed by atoms with E-state index in [-0.39, 0.29) is 5.91 Å². The fourth-order valence-electron chi connectivity index (χ4n) is 3.93. The number of hydrogen-bond acceptors (Lipinski definition) is 3. The predicted molar refractivity (Wildman–Crippen MR) is 133 cm³/mol. The van der Waals surface area contributed by atoms with E-state index in [1.807, 2.05) is 60.7 Å². The minimum atomic E-state index is -0.0672. The van der Waals surface area contributed by atoms with E-state index in [1.54, 1.807) is 0 Å². The summed E-state index contributed by atoms with van der Waals surface area (Å²) in [5, 5.41) is 3.00. The van der Waals surface area contributed by atoms with Crippen LogP contribution in [0.4, 0.5) is 0 Å². The molecule has 0 saturated heterocycles. The van der Waals surface area contributed by atoms with E-state index in [0.29, 0.717) is 37.6 Å². The van der Waals surface area contributed by atoms with E-state index in [2.05, 4.69) is 41.9 Å². The minimum Gasteiger partial charge on any atom is -0.492 e. The third kappa shape index (κ3) is 5.61. The molecule has 33 heavy (non-hydrogen) atoms. The lowest BCUT2D eigenvalue weighted by Gasteiger charge is -2.13. The minimum absolute atomic E-state index is 0.0672. The van der Waals surface area contributed by atoms with Crippen molar-refractivity contribution in [3.05, 3.63) is 95.8 Å². The molecule has 3 aromatic carbocycles. The molecule has 1 N–H and O–H groups in total. The molecular formula is C28H31N3O2. The summed E-state index contributed by atoms with van der Waals surface area (Å²) in [6.45, 7) is 6.20. The highest BCUT2D eigenvalue weighted by molar-refractivity contribution is 5.94. The third-order valence-electron chi connectivity index (χ3n) is 6.05. The summed E-state index contributed by atoms with van der Waals surface area (Å²) in [4.78, 5) is 17.2. The number of amides is 1. The zero-order valence-electron chi connectivity index (χ0n) is 19.3. The maximum Gasteiger partial charge on any atom is 0.251 e. The van der Waals surface area contributed by atoms with Gasteiger partial charge in [-0.2, -0.15) is 0 Å². The van der Waals surface area contributed by atoms with Crippen molar-refractivity contribution in [2.24, 2.45) is 0 Å². The number of rotatable bonds is 10. The van der Waals surface area contributed by atoms with Gasteiger partial charge in [0.1, 0.15) is 18.2 Å². The highest BCUT2D eigenvalue weighted by atomic mass is 16.5. The maximum absolute atomic E-state index is 12.3. The van der Waals surface area contributed by atoms with Crippen molar-refractivity contribution in [2.75, 3.05) is 13.2 Å². The zero-order chi connectivity index (χ0) is 23.0. The number of benzene rings is 3. The molecule has 0 aliphatic carbocycles. The van der Waals surface area contributed by atoms with Gasteiger partial charge in [-0.15, -0.1) is 0 Å². The fourth-order valence-corrected chi connectivity index (χ4v) is 3.93. The molecule has 0 saturated carbocycles. The predicted octanol–water partition coefficient (Wildman–Crippen LogP) is 5.60. The van der Waals surface area contributed by atoms with Crippen LogP contribution in [0.25, 0.3) is 11.0 Å². The molecule has 4 aromatic rings. The molecule has 1 atom stereocenters. The van der Waals surface area contributed by atoms with Gasteiger partial charge in [-0.3, -0.25) is 4.79 Å². The van der Waals surface area contributed by atoms with E-state index in [0.717, 1.165) is 29.0 Å². The standard InChI is InChI=1S/C28H31N3O2/c1-3-21(2)22-13-15-24(16-14-22)33-20-19-31-26-12-8-7-11-25(26)30-27(31)17-18-29-28(32)23-9-5-4-6-10-23/h4-16,21H,3,17-20H2,1-2H3,(H,29,32).